The summed E-state index contributed by atoms with van der Waals surface area (Å²) in [5, 5.41) is 0. The minimum absolute atomic E-state index is 0.118. The maximum Gasteiger partial charge on any atom is 0.416 e. The molecule has 19 heavy (non-hydrogen) atoms. The molecule has 0 heterocycles. The molecule has 0 saturated heterocycles. The smallest absolute Gasteiger partial charge is 0.416 e. The Balaban J connectivity index is 2.08. The molecule has 0 aliphatic carbocycles. The van der Waals surface area contributed by atoms with Crippen molar-refractivity contribution in [3.05, 3.63) is 65.2 Å². The van der Waals surface area contributed by atoms with Crippen molar-refractivity contribution in [3.8, 4) is 5.75 Å². The van der Waals surface area contributed by atoms with Crippen LogP contribution in [0.25, 0.3) is 0 Å². The second-order valence-electron chi connectivity index (χ2n) is 4.30. The molecule has 0 N–H and O–H groups in total. The Morgan fingerprint density at radius 2 is 1.74 bits per heavy atom. The van der Waals surface area contributed by atoms with E-state index in [1.54, 1.807) is 12.1 Å². The molecule has 0 aliphatic heterocycles. The van der Waals surface area contributed by atoms with Crippen LogP contribution in [0, 0.1) is 6.92 Å². The first-order valence-corrected chi connectivity index (χ1v) is 5.81. The molecule has 0 atom stereocenters. The standard InChI is InChI=1S/C15H13F3O/c1-11-4-2-7-14(8-11)19-10-12-5-3-6-13(9-12)15(16,17)18/h2-9H,10H2,1H3. The largest absolute Gasteiger partial charge is 0.489 e. The van der Waals surface area contributed by atoms with Gasteiger partial charge >= 0.3 is 6.18 Å². The summed E-state index contributed by atoms with van der Waals surface area (Å²) in [5.41, 5.74) is 0.885. The highest BCUT2D eigenvalue weighted by atomic mass is 19.4. The lowest BCUT2D eigenvalue weighted by Crippen LogP contribution is -2.06. The number of alkyl halides is 3. The highest BCUT2D eigenvalue weighted by molar-refractivity contribution is 5.29. The van der Waals surface area contributed by atoms with Gasteiger partial charge in [0.25, 0.3) is 0 Å². The fourth-order valence-electron chi connectivity index (χ4n) is 1.71. The Bertz CT molecular complexity index is 561. The molecular weight excluding hydrogens is 253 g/mol. The molecule has 100 valence electrons. The Labute approximate surface area is 109 Å². The average molecular weight is 266 g/mol. The van der Waals surface area contributed by atoms with Gasteiger partial charge in [-0.2, -0.15) is 13.2 Å². The van der Waals surface area contributed by atoms with Gasteiger partial charge in [-0.25, -0.2) is 0 Å². The quantitative estimate of drug-likeness (QED) is 0.789. The van der Waals surface area contributed by atoms with Gasteiger partial charge < -0.3 is 4.74 Å². The monoisotopic (exact) mass is 266 g/mol. The molecule has 0 unspecified atom stereocenters. The normalized spacial score (nSPS) is 11.4. The number of ether oxygens (including phenoxy) is 1. The highest BCUT2D eigenvalue weighted by Gasteiger charge is 2.30. The number of hydrogen-bond acceptors (Lipinski definition) is 1. The van der Waals surface area contributed by atoms with Crippen molar-refractivity contribution in [3.63, 3.8) is 0 Å². The van der Waals surface area contributed by atoms with Crippen LogP contribution >= 0.6 is 0 Å². The van der Waals surface area contributed by atoms with Gasteiger partial charge in [-0.05, 0) is 42.3 Å². The topological polar surface area (TPSA) is 9.23 Å². The Hall–Kier alpha value is -1.97. The molecule has 0 saturated carbocycles. The van der Waals surface area contributed by atoms with Crippen LogP contribution in [0.3, 0.4) is 0 Å². The summed E-state index contributed by atoms with van der Waals surface area (Å²) in [6, 6.07) is 12.6. The van der Waals surface area contributed by atoms with Crippen molar-refractivity contribution < 1.29 is 17.9 Å². The first kappa shape index (κ1) is 13.5. The van der Waals surface area contributed by atoms with E-state index in [4.69, 9.17) is 4.74 Å². The fourth-order valence-corrected chi connectivity index (χ4v) is 1.71. The van der Waals surface area contributed by atoms with Crippen molar-refractivity contribution >= 4 is 0 Å². The molecule has 1 nitrogen and oxygen atoms in total. The van der Waals surface area contributed by atoms with Crippen molar-refractivity contribution in [1.29, 1.82) is 0 Å². The summed E-state index contributed by atoms with van der Waals surface area (Å²) < 4.78 is 43.1. The molecular formula is C15H13F3O. The van der Waals surface area contributed by atoms with Gasteiger partial charge in [0, 0.05) is 0 Å². The molecule has 0 bridgehead atoms. The Morgan fingerprint density at radius 1 is 1.00 bits per heavy atom. The van der Waals surface area contributed by atoms with Crippen LogP contribution in [-0.4, -0.2) is 0 Å². The Morgan fingerprint density at radius 3 is 2.42 bits per heavy atom. The molecule has 0 fully saturated rings. The molecule has 4 heteroatoms. The lowest BCUT2D eigenvalue weighted by atomic mass is 10.1. The second kappa shape index (κ2) is 5.34. The molecule has 2 rings (SSSR count). The first-order chi connectivity index (χ1) is 8.95. The number of rotatable bonds is 3. The molecule has 0 spiro atoms. The first-order valence-electron chi connectivity index (χ1n) is 5.81. The number of halogens is 3. The zero-order chi connectivity index (χ0) is 13.9. The molecule has 0 aliphatic rings. The van der Waals surface area contributed by atoms with Gasteiger partial charge in [0.2, 0.25) is 0 Å². The van der Waals surface area contributed by atoms with E-state index in [1.807, 2.05) is 25.1 Å². The summed E-state index contributed by atoms with van der Waals surface area (Å²) in [6.07, 6.45) is -4.32. The zero-order valence-corrected chi connectivity index (χ0v) is 10.4. The van der Waals surface area contributed by atoms with E-state index in [0.717, 1.165) is 17.7 Å². The summed E-state index contributed by atoms with van der Waals surface area (Å²) >= 11 is 0. The van der Waals surface area contributed by atoms with Crippen molar-refractivity contribution in [1.82, 2.24) is 0 Å². The molecule has 0 aromatic heterocycles. The van der Waals surface area contributed by atoms with E-state index in [9.17, 15) is 13.2 Å². The van der Waals surface area contributed by atoms with E-state index in [-0.39, 0.29) is 6.61 Å². The lowest BCUT2D eigenvalue weighted by Gasteiger charge is -2.10. The summed E-state index contributed by atoms with van der Waals surface area (Å²) in [7, 11) is 0. The third kappa shape index (κ3) is 3.74. The fraction of sp³-hybridized carbons (Fsp3) is 0.200. The zero-order valence-electron chi connectivity index (χ0n) is 10.4. The van der Waals surface area contributed by atoms with Crippen LogP contribution in [0.4, 0.5) is 13.2 Å². The van der Waals surface area contributed by atoms with Gasteiger partial charge in [0.05, 0.1) is 5.56 Å². The number of benzene rings is 2. The third-order valence-corrected chi connectivity index (χ3v) is 2.65. The highest BCUT2D eigenvalue weighted by Crippen LogP contribution is 2.29. The maximum absolute atomic E-state index is 12.5. The SMILES string of the molecule is Cc1cccc(OCc2cccc(C(F)(F)F)c2)c1. The number of hydrogen-bond donors (Lipinski definition) is 0. The van der Waals surface area contributed by atoms with E-state index in [1.165, 1.54) is 6.07 Å². The van der Waals surface area contributed by atoms with Gasteiger partial charge in [0.1, 0.15) is 12.4 Å². The van der Waals surface area contributed by atoms with E-state index >= 15 is 0 Å². The summed E-state index contributed by atoms with van der Waals surface area (Å²) in [6.45, 7) is 2.05. The van der Waals surface area contributed by atoms with Crippen LogP contribution in [-0.2, 0) is 12.8 Å². The van der Waals surface area contributed by atoms with Crippen LogP contribution < -0.4 is 4.74 Å². The number of aryl methyl sites for hydroxylation is 1. The average Bonchev–Trinajstić information content (AvgIpc) is 2.36. The van der Waals surface area contributed by atoms with Crippen LogP contribution in [0.2, 0.25) is 0 Å². The van der Waals surface area contributed by atoms with E-state index < -0.39 is 11.7 Å². The van der Waals surface area contributed by atoms with Crippen molar-refractivity contribution in [2.45, 2.75) is 19.7 Å². The van der Waals surface area contributed by atoms with Gasteiger partial charge in [0.15, 0.2) is 0 Å². The van der Waals surface area contributed by atoms with Crippen molar-refractivity contribution in [2.75, 3.05) is 0 Å². The summed E-state index contributed by atoms with van der Waals surface area (Å²) in [5.74, 6) is 0.650. The maximum atomic E-state index is 12.5. The van der Waals surface area contributed by atoms with E-state index in [0.29, 0.717) is 11.3 Å². The van der Waals surface area contributed by atoms with E-state index in [2.05, 4.69) is 0 Å². The predicted molar refractivity (Wildman–Crippen MR) is 67.0 cm³/mol. The third-order valence-electron chi connectivity index (χ3n) is 2.65. The molecule has 2 aromatic carbocycles. The van der Waals surface area contributed by atoms with Gasteiger partial charge in [-0.3, -0.25) is 0 Å². The van der Waals surface area contributed by atoms with Crippen molar-refractivity contribution in [2.24, 2.45) is 0 Å². The van der Waals surface area contributed by atoms with Crippen LogP contribution in [0.1, 0.15) is 16.7 Å². The predicted octanol–water partition coefficient (Wildman–Crippen LogP) is 4.59. The summed E-state index contributed by atoms with van der Waals surface area (Å²) in [4.78, 5) is 0. The minimum Gasteiger partial charge on any atom is -0.489 e. The minimum atomic E-state index is -4.32. The van der Waals surface area contributed by atoms with Gasteiger partial charge in [-0.1, -0.05) is 24.3 Å². The Kier molecular flexibility index (Phi) is 3.79. The molecule has 0 radical (unpaired) electrons. The van der Waals surface area contributed by atoms with Crippen LogP contribution in [0.15, 0.2) is 48.5 Å². The second-order valence-corrected chi connectivity index (χ2v) is 4.30. The van der Waals surface area contributed by atoms with Crippen LogP contribution in [0.5, 0.6) is 5.75 Å². The molecule has 2 aromatic rings. The lowest BCUT2D eigenvalue weighted by molar-refractivity contribution is -0.137. The molecule has 0 amide bonds. The van der Waals surface area contributed by atoms with Gasteiger partial charge in [-0.15, -0.1) is 0 Å².